The van der Waals surface area contributed by atoms with Gasteiger partial charge in [-0.15, -0.1) is 11.3 Å². The van der Waals surface area contributed by atoms with Crippen LogP contribution >= 0.6 is 23.1 Å². The molecule has 0 aromatic carbocycles. The number of hydrogen-bond donors (Lipinski definition) is 1. The van der Waals surface area contributed by atoms with Crippen LogP contribution in [0.25, 0.3) is 0 Å². The van der Waals surface area contributed by atoms with Crippen LogP contribution in [-0.2, 0) is 20.7 Å². The Kier molecular flexibility index (Phi) is 5.61. The van der Waals surface area contributed by atoms with E-state index in [1.54, 1.807) is 13.8 Å². The number of nitrogens with zero attached hydrogens (tertiary/aromatic N) is 1. The number of primary amides is 1. The summed E-state index contributed by atoms with van der Waals surface area (Å²) in [5.41, 5.74) is 5.93. The molecule has 1 rings (SSSR count). The number of carbonyl (C=O) groups is 2. The van der Waals surface area contributed by atoms with Crippen molar-refractivity contribution in [3.05, 3.63) is 10.6 Å². The molecule has 2 N–H and O–H groups in total. The number of amides is 1. The lowest BCUT2D eigenvalue weighted by atomic mass is 10.3. The Bertz CT molecular complexity index is 443. The Balaban J connectivity index is 2.53. The van der Waals surface area contributed by atoms with Gasteiger partial charge >= 0.3 is 5.97 Å². The summed E-state index contributed by atoms with van der Waals surface area (Å²) in [4.78, 5) is 27.3. The first-order chi connectivity index (χ1) is 8.38. The largest absolute Gasteiger partial charge is 0.462 e. The summed E-state index contributed by atoms with van der Waals surface area (Å²) in [6, 6.07) is 0. The van der Waals surface area contributed by atoms with E-state index in [4.69, 9.17) is 10.5 Å². The van der Waals surface area contributed by atoms with Crippen LogP contribution in [-0.4, -0.2) is 28.7 Å². The lowest BCUT2D eigenvalue weighted by molar-refractivity contribution is -0.144. The van der Waals surface area contributed by atoms with Crippen molar-refractivity contribution in [1.82, 2.24) is 4.98 Å². The normalized spacial score (nSPS) is 10.7. The molecule has 5 nitrogen and oxygen atoms in total. The molecule has 0 aliphatic heterocycles. The van der Waals surface area contributed by atoms with E-state index < -0.39 is 0 Å². The molecule has 0 fully saturated rings. The molecule has 0 aliphatic carbocycles. The fourth-order valence-corrected chi connectivity index (χ4v) is 3.23. The minimum atomic E-state index is -0.377. The van der Waals surface area contributed by atoms with Crippen molar-refractivity contribution in [3.63, 3.8) is 0 Å². The van der Waals surface area contributed by atoms with Crippen LogP contribution in [0.1, 0.15) is 24.4 Å². The molecule has 1 aromatic rings. The Morgan fingerprint density at radius 3 is 2.72 bits per heavy atom. The van der Waals surface area contributed by atoms with Crippen molar-refractivity contribution >= 4 is 35.0 Å². The Morgan fingerprint density at radius 2 is 2.17 bits per heavy atom. The van der Waals surface area contributed by atoms with Crippen LogP contribution in [0.4, 0.5) is 0 Å². The van der Waals surface area contributed by atoms with Gasteiger partial charge < -0.3 is 10.5 Å². The first-order valence-corrected chi connectivity index (χ1v) is 7.25. The number of aromatic nitrogens is 1. The van der Waals surface area contributed by atoms with Crippen LogP contribution in [0.2, 0.25) is 0 Å². The number of rotatable bonds is 6. The maximum absolute atomic E-state index is 11.4. The summed E-state index contributed by atoms with van der Waals surface area (Å²) in [5, 5.41) is 0. The molecule has 0 saturated heterocycles. The van der Waals surface area contributed by atoms with E-state index in [9.17, 15) is 9.59 Å². The molecule has 0 aliphatic rings. The van der Waals surface area contributed by atoms with Crippen molar-refractivity contribution < 1.29 is 14.3 Å². The fraction of sp³-hybridized carbons (Fsp3) is 0.545. The highest BCUT2D eigenvalue weighted by molar-refractivity contribution is 8.01. The van der Waals surface area contributed by atoms with Crippen molar-refractivity contribution in [3.8, 4) is 0 Å². The lowest BCUT2D eigenvalue weighted by Gasteiger charge is -2.06. The molecule has 1 aromatic heterocycles. The molecule has 100 valence electrons. The third-order valence-electron chi connectivity index (χ3n) is 1.89. The van der Waals surface area contributed by atoms with E-state index in [2.05, 4.69) is 4.98 Å². The SMILES string of the molecule is Cc1nc(SCC(=O)OC(C)C)sc1CC(N)=O. The molecule has 1 amide bonds. The third kappa shape index (κ3) is 5.05. The van der Waals surface area contributed by atoms with Gasteiger partial charge in [0.1, 0.15) is 0 Å². The van der Waals surface area contributed by atoms with Crippen LogP contribution in [0.5, 0.6) is 0 Å². The molecule has 0 saturated carbocycles. The number of hydrogen-bond acceptors (Lipinski definition) is 6. The maximum atomic E-state index is 11.4. The molecule has 0 atom stereocenters. The topological polar surface area (TPSA) is 82.3 Å². The van der Waals surface area contributed by atoms with Crippen LogP contribution in [0, 0.1) is 6.92 Å². The lowest BCUT2D eigenvalue weighted by Crippen LogP contribution is -2.13. The van der Waals surface area contributed by atoms with E-state index in [0.29, 0.717) is 0 Å². The molecular formula is C11H16N2O3S2. The second kappa shape index (κ2) is 6.75. The van der Waals surface area contributed by atoms with E-state index in [-0.39, 0.29) is 30.2 Å². The van der Waals surface area contributed by atoms with Crippen molar-refractivity contribution in [1.29, 1.82) is 0 Å². The average molecular weight is 288 g/mol. The maximum Gasteiger partial charge on any atom is 0.316 e. The second-order valence-electron chi connectivity index (χ2n) is 3.96. The molecule has 18 heavy (non-hydrogen) atoms. The van der Waals surface area contributed by atoms with Gasteiger partial charge in [0.2, 0.25) is 5.91 Å². The number of nitrogens with two attached hydrogens (primary N) is 1. The zero-order valence-electron chi connectivity index (χ0n) is 10.6. The van der Waals surface area contributed by atoms with Gasteiger partial charge in [0.15, 0.2) is 4.34 Å². The smallest absolute Gasteiger partial charge is 0.316 e. The quantitative estimate of drug-likeness (QED) is 0.634. The van der Waals surface area contributed by atoms with Crippen LogP contribution in [0.3, 0.4) is 0 Å². The minimum absolute atomic E-state index is 0.110. The summed E-state index contributed by atoms with van der Waals surface area (Å²) < 4.78 is 5.77. The van der Waals surface area contributed by atoms with Gasteiger partial charge in [-0.1, -0.05) is 11.8 Å². The highest BCUT2D eigenvalue weighted by Crippen LogP contribution is 2.27. The van der Waals surface area contributed by atoms with Crippen molar-refractivity contribution in [2.24, 2.45) is 5.73 Å². The molecular weight excluding hydrogens is 272 g/mol. The molecule has 0 bridgehead atoms. The van der Waals surface area contributed by atoms with Gasteiger partial charge in [0.05, 0.1) is 24.0 Å². The monoisotopic (exact) mass is 288 g/mol. The molecule has 0 radical (unpaired) electrons. The van der Waals surface area contributed by atoms with E-state index in [1.165, 1.54) is 23.1 Å². The summed E-state index contributed by atoms with van der Waals surface area (Å²) in [6.45, 7) is 5.44. The summed E-state index contributed by atoms with van der Waals surface area (Å²) in [7, 11) is 0. The Labute approximate surface area is 114 Å². The van der Waals surface area contributed by atoms with E-state index in [0.717, 1.165) is 14.9 Å². The van der Waals surface area contributed by atoms with E-state index >= 15 is 0 Å². The molecule has 0 unspecified atom stereocenters. The summed E-state index contributed by atoms with van der Waals surface area (Å²) >= 11 is 2.71. The number of esters is 1. The molecule has 1 heterocycles. The van der Waals surface area contributed by atoms with Gasteiger partial charge in [-0.2, -0.15) is 0 Å². The zero-order valence-corrected chi connectivity index (χ0v) is 12.2. The number of aryl methyl sites for hydroxylation is 1. The first-order valence-electron chi connectivity index (χ1n) is 5.45. The number of carbonyl (C=O) groups excluding carboxylic acids is 2. The van der Waals surface area contributed by atoms with Gasteiger partial charge in [-0.25, -0.2) is 4.98 Å². The average Bonchev–Trinajstić information content (AvgIpc) is 2.55. The van der Waals surface area contributed by atoms with Gasteiger partial charge in [-0.05, 0) is 20.8 Å². The van der Waals surface area contributed by atoms with Crippen LogP contribution in [0.15, 0.2) is 4.34 Å². The van der Waals surface area contributed by atoms with Gasteiger partial charge in [-0.3, -0.25) is 9.59 Å². The summed E-state index contributed by atoms with van der Waals surface area (Å²) in [5.74, 6) is -0.418. The standard InChI is InChI=1S/C11H16N2O3S2/c1-6(2)16-10(15)5-17-11-13-7(3)8(18-11)4-9(12)14/h6H,4-5H2,1-3H3,(H2,12,14). The van der Waals surface area contributed by atoms with Crippen molar-refractivity contribution in [2.75, 3.05) is 5.75 Å². The minimum Gasteiger partial charge on any atom is -0.462 e. The molecule has 0 spiro atoms. The number of thiazole rings is 1. The molecule has 7 heteroatoms. The summed E-state index contributed by atoms with van der Waals surface area (Å²) in [6.07, 6.45) is 0.0853. The number of thioether (sulfide) groups is 1. The van der Waals surface area contributed by atoms with Crippen molar-refractivity contribution in [2.45, 2.75) is 37.6 Å². The Morgan fingerprint density at radius 1 is 1.50 bits per heavy atom. The second-order valence-corrected chi connectivity index (χ2v) is 6.26. The first kappa shape index (κ1) is 15.0. The Hall–Kier alpha value is -1.08. The van der Waals surface area contributed by atoms with Gasteiger partial charge in [0, 0.05) is 4.88 Å². The van der Waals surface area contributed by atoms with Crippen LogP contribution < -0.4 is 5.73 Å². The highest BCUT2D eigenvalue weighted by Gasteiger charge is 2.12. The number of ether oxygens (including phenoxy) is 1. The zero-order chi connectivity index (χ0) is 13.7. The van der Waals surface area contributed by atoms with Gasteiger partial charge in [0.25, 0.3) is 0 Å². The fourth-order valence-electron chi connectivity index (χ4n) is 1.20. The highest BCUT2D eigenvalue weighted by atomic mass is 32.2. The van der Waals surface area contributed by atoms with E-state index in [1.807, 2.05) is 6.92 Å². The predicted octanol–water partition coefficient (Wildman–Crippen LogP) is 1.52. The third-order valence-corrected chi connectivity index (χ3v) is 4.16. The predicted molar refractivity (Wildman–Crippen MR) is 71.7 cm³/mol.